The summed E-state index contributed by atoms with van der Waals surface area (Å²) in [7, 11) is 0. The van der Waals surface area contributed by atoms with Crippen molar-refractivity contribution >= 4 is 34.0 Å². The van der Waals surface area contributed by atoms with Crippen LogP contribution in [0.25, 0.3) is 11.1 Å². The zero-order chi connectivity index (χ0) is 19.9. The minimum Gasteiger partial charge on any atom is -0.378 e. The van der Waals surface area contributed by atoms with Gasteiger partial charge in [-0.05, 0) is 23.8 Å². The second-order valence-electron chi connectivity index (χ2n) is 6.71. The molecule has 150 valence electrons. The van der Waals surface area contributed by atoms with Crippen molar-refractivity contribution in [2.24, 2.45) is 0 Å². The number of benzene rings is 2. The average molecular weight is 425 g/mol. The Kier molecular flexibility index (Phi) is 6.87. The number of nitrogens with one attached hydrogen (secondary N) is 1. The lowest BCUT2D eigenvalue weighted by molar-refractivity contribution is 0.0960. The predicted octanol–water partition coefficient (Wildman–Crippen LogP) is 4.77. The van der Waals surface area contributed by atoms with E-state index in [2.05, 4.69) is 34.5 Å². The number of hydrogen-bond donors (Lipinski definition) is 1. The van der Waals surface area contributed by atoms with Gasteiger partial charge in [-0.2, -0.15) is 0 Å². The zero-order valence-electron chi connectivity index (χ0n) is 16.2. The molecule has 0 atom stereocenters. The third-order valence-corrected chi connectivity index (χ3v) is 6.93. The lowest BCUT2D eigenvalue weighted by Gasteiger charge is -2.28. The summed E-state index contributed by atoms with van der Waals surface area (Å²) in [6, 6.07) is 22.6. The molecule has 29 heavy (non-hydrogen) atoms. The largest absolute Gasteiger partial charge is 0.378 e. The SMILES string of the molecule is O=C(NCCSc1ccccc1)c1cc(-c2ccccc2)c(N2CCOCC2)s1. The molecule has 4 nitrogen and oxygen atoms in total. The van der Waals surface area contributed by atoms with Gasteiger partial charge >= 0.3 is 0 Å². The van der Waals surface area contributed by atoms with Crippen LogP contribution in [0.4, 0.5) is 5.00 Å². The summed E-state index contributed by atoms with van der Waals surface area (Å²) < 4.78 is 5.50. The van der Waals surface area contributed by atoms with Gasteiger partial charge in [0.25, 0.3) is 5.91 Å². The molecule has 0 spiro atoms. The van der Waals surface area contributed by atoms with Crippen LogP contribution in [0.1, 0.15) is 9.67 Å². The molecule has 1 aromatic heterocycles. The third-order valence-electron chi connectivity index (χ3n) is 4.72. The van der Waals surface area contributed by atoms with Crippen LogP contribution in [0.2, 0.25) is 0 Å². The number of rotatable bonds is 7. The molecule has 1 aliphatic heterocycles. The van der Waals surface area contributed by atoms with E-state index in [0.29, 0.717) is 6.54 Å². The van der Waals surface area contributed by atoms with Crippen LogP contribution >= 0.6 is 23.1 Å². The average Bonchev–Trinajstić information content (AvgIpc) is 3.24. The van der Waals surface area contributed by atoms with Crippen LogP contribution in [0.5, 0.6) is 0 Å². The maximum absolute atomic E-state index is 12.8. The predicted molar refractivity (Wildman–Crippen MR) is 122 cm³/mol. The number of amides is 1. The van der Waals surface area contributed by atoms with Gasteiger partial charge in [0.05, 0.1) is 23.1 Å². The van der Waals surface area contributed by atoms with E-state index < -0.39 is 0 Å². The van der Waals surface area contributed by atoms with Gasteiger partial charge in [-0.3, -0.25) is 4.79 Å². The van der Waals surface area contributed by atoms with Crippen molar-refractivity contribution in [2.75, 3.05) is 43.5 Å². The molecular weight excluding hydrogens is 400 g/mol. The standard InChI is InChI=1S/C23H24N2O2S2/c26-22(24-11-16-28-19-9-5-2-6-10-19)21-17-20(18-7-3-1-4-8-18)23(29-21)25-12-14-27-15-13-25/h1-10,17H,11-16H2,(H,24,26). The van der Waals surface area contributed by atoms with Crippen LogP contribution in [0, 0.1) is 0 Å². The van der Waals surface area contributed by atoms with Crippen molar-refractivity contribution in [1.82, 2.24) is 5.32 Å². The molecule has 3 aromatic rings. The van der Waals surface area contributed by atoms with Gasteiger partial charge in [0.1, 0.15) is 0 Å². The van der Waals surface area contributed by atoms with E-state index in [9.17, 15) is 4.79 Å². The first-order chi connectivity index (χ1) is 14.3. The molecule has 0 unspecified atom stereocenters. The number of nitrogens with zero attached hydrogens (tertiary/aromatic N) is 1. The Labute approximate surface area is 179 Å². The van der Waals surface area contributed by atoms with Crippen molar-refractivity contribution in [2.45, 2.75) is 4.90 Å². The van der Waals surface area contributed by atoms with Crippen molar-refractivity contribution in [3.05, 3.63) is 71.6 Å². The van der Waals surface area contributed by atoms with E-state index in [0.717, 1.165) is 53.1 Å². The minimum atomic E-state index is 0.000326. The Morgan fingerprint density at radius 3 is 2.45 bits per heavy atom. The third kappa shape index (κ3) is 5.21. The van der Waals surface area contributed by atoms with Crippen molar-refractivity contribution in [1.29, 1.82) is 0 Å². The Morgan fingerprint density at radius 1 is 1.03 bits per heavy atom. The van der Waals surface area contributed by atoms with E-state index in [1.165, 1.54) is 4.90 Å². The monoisotopic (exact) mass is 424 g/mol. The number of carbonyl (C=O) groups excluding carboxylic acids is 1. The summed E-state index contributed by atoms with van der Waals surface area (Å²) >= 11 is 3.33. The highest BCUT2D eigenvalue weighted by atomic mass is 32.2. The maximum atomic E-state index is 12.8. The fraction of sp³-hybridized carbons (Fsp3) is 0.261. The zero-order valence-corrected chi connectivity index (χ0v) is 17.8. The molecule has 1 amide bonds. The Hall–Kier alpha value is -2.28. The van der Waals surface area contributed by atoms with Gasteiger partial charge in [-0.15, -0.1) is 23.1 Å². The summed E-state index contributed by atoms with van der Waals surface area (Å²) in [5, 5.41) is 4.23. The molecule has 1 aliphatic rings. The molecular formula is C23H24N2O2S2. The Morgan fingerprint density at radius 2 is 1.72 bits per heavy atom. The van der Waals surface area contributed by atoms with E-state index in [-0.39, 0.29) is 5.91 Å². The molecule has 2 heterocycles. The first-order valence-corrected chi connectivity index (χ1v) is 11.6. The second kappa shape index (κ2) is 9.96. The Bertz CT molecular complexity index is 923. The van der Waals surface area contributed by atoms with E-state index in [1.54, 1.807) is 23.1 Å². The molecule has 1 saturated heterocycles. The van der Waals surface area contributed by atoms with Crippen LogP contribution in [0.3, 0.4) is 0 Å². The van der Waals surface area contributed by atoms with Gasteiger partial charge < -0.3 is 15.0 Å². The molecule has 0 aliphatic carbocycles. The van der Waals surface area contributed by atoms with Gasteiger partial charge in [-0.1, -0.05) is 48.5 Å². The lowest BCUT2D eigenvalue weighted by atomic mass is 10.1. The summed E-state index contributed by atoms with van der Waals surface area (Å²) in [4.78, 5) is 17.1. The fourth-order valence-corrected chi connectivity index (χ4v) is 5.19. The molecule has 4 rings (SSSR count). The van der Waals surface area contributed by atoms with Crippen LogP contribution in [-0.4, -0.2) is 44.5 Å². The van der Waals surface area contributed by atoms with Crippen LogP contribution in [0.15, 0.2) is 71.6 Å². The quantitative estimate of drug-likeness (QED) is 0.438. The number of thioether (sulfide) groups is 1. The van der Waals surface area contributed by atoms with Gasteiger partial charge in [0, 0.05) is 35.8 Å². The molecule has 2 aromatic carbocycles. The number of ether oxygens (including phenoxy) is 1. The first-order valence-electron chi connectivity index (χ1n) is 9.79. The van der Waals surface area contributed by atoms with Crippen molar-refractivity contribution in [3.8, 4) is 11.1 Å². The van der Waals surface area contributed by atoms with Crippen molar-refractivity contribution < 1.29 is 9.53 Å². The minimum absolute atomic E-state index is 0.000326. The number of carbonyl (C=O) groups is 1. The highest BCUT2D eigenvalue weighted by Gasteiger charge is 2.21. The number of hydrogen-bond acceptors (Lipinski definition) is 5. The van der Waals surface area contributed by atoms with Crippen LogP contribution < -0.4 is 10.2 Å². The smallest absolute Gasteiger partial charge is 0.261 e. The molecule has 1 N–H and O–H groups in total. The van der Waals surface area contributed by atoms with Crippen molar-refractivity contribution in [3.63, 3.8) is 0 Å². The summed E-state index contributed by atoms with van der Waals surface area (Å²) in [6.45, 7) is 3.81. The van der Waals surface area contributed by atoms with E-state index in [1.807, 2.05) is 42.5 Å². The van der Waals surface area contributed by atoms with E-state index in [4.69, 9.17) is 4.74 Å². The molecule has 0 saturated carbocycles. The maximum Gasteiger partial charge on any atom is 0.261 e. The molecule has 0 bridgehead atoms. The fourth-order valence-electron chi connectivity index (χ4n) is 3.26. The Balaban J connectivity index is 1.45. The number of thiophene rings is 1. The van der Waals surface area contributed by atoms with Gasteiger partial charge in [-0.25, -0.2) is 0 Å². The van der Waals surface area contributed by atoms with Gasteiger partial charge in [0.2, 0.25) is 0 Å². The van der Waals surface area contributed by atoms with E-state index >= 15 is 0 Å². The van der Waals surface area contributed by atoms with Crippen LogP contribution in [-0.2, 0) is 4.74 Å². The lowest BCUT2D eigenvalue weighted by Crippen LogP contribution is -2.35. The highest BCUT2D eigenvalue weighted by Crippen LogP contribution is 2.39. The van der Waals surface area contributed by atoms with Gasteiger partial charge in [0.15, 0.2) is 0 Å². The number of morpholine rings is 1. The molecule has 0 radical (unpaired) electrons. The summed E-state index contributed by atoms with van der Waals surface area (Å²) in [5.74, 6) is 0.851. The molecule has 1 fully saturated rings. The normalized spacial score (nSPS) is 14.0. The molecule has 6 heteroatoms. The summed E-state index contributed by atoms with van der Waals surface area (Å²) in [5.41, 5.74) is 2.27. The second-order valence-corrected chi connectivity index (χ2v) is 8.91. The number of anilines is 1. The first kappa shape index (κ1) is 20.0. The highest BCUT2D eigenvalue weighted by molar-refractivity contribution is 7.99. The summed E-state index contributed by atoms with van der Waals surface area (Å²) in [6.07, 6.45) is 0. The topological polar surface area (TPSA) is 41.6 Å².